The summed E-state index contributed by atoms with van der Waals surface area (Å²) in [6.07, 6.45) is 0.998. The molecule has 0 aliphatic rings. The quantitative estimate of drug-likeness (QED) is 0.572. The number of carbonyl (C=O) groups is 1. The third-order valence-electron chi connectivity index (χ3n) is 1.28. The van der Waals surface area contributed by atoms with E-state index in [1.54, 1.807) is 0 Å². The molecule has 0 aromatic carbocycles. The lowest BCUT2D eigenvalue weighted by Gasteiger charge is -2.07. The maximum atomic E-state index is 10.4. The van der Waals surface area contributed by atoms with Crippen molar-refractivity contribution in [3.63, 3.8) is 0 Å². The van der Waals surface area contributed by atoms with Crippen molar-refractivity contribution >= 4 is 5.91 Å². The van der Waals surface area contributed by atoms with Crippen LogP contribution in [-0.2, 0) is 4.79 Å². The van der Waals surface area contributed by atoms with Crippen molar-refractivity contribution in [2.45, 2.75) is 33.2 Å². The summed E-state index contributed by atoms with van der Waals surface area (Å²) >= 11 is 0. The third-order valence-corrected chi connectivity index (χ3v) is 1.28. The van der Waals surface area contributed by atoms with Gasteiger partial charge in [0.25, 0.3) is 0 Å². The highest BCUT2D eigenvalue weighted by molar-refractivity contribution is 5.72. The summed E-state index contributed by atoms with van der Waals surface area (Å²) < 4.78 is 0. The van der Waals surface area contributed by atoms with E-state index in [0.29, 0.717) is 6.04 Å². The molecule has 2 N–H and O–H groups in total. The van der Waals surface area contributed by atoms with Crippen LogP contribution >= 0.6 is 0 Å². The molecule has 3 heteroatoms. The Balaban J connectivity index is 2.97. The van der Waals surface area contributed by atoms with E-state index in [-0.39, 0.29) is 5.91 Å². The third kappa shape index (κ3) is 9.43. The normalized spacial score (nSPS) is 10.2. The van der Waals surface area contributed by atoms with Gasteiger partial charge in [0.15, 0.2) is 0 Å². The molecule has 11 heavy (non-hydrogen) atoms. The number of hydrogen-bond acceptors (Lipinski definition) is 2. The Hall–Kier alpha value is -0.570. The van der Waals surface area contributed by atoms with Crippen LogP contribution in [0.5, 0.6) is 0 Å². The maximum absolute atomic E-state index is 10.4. The molecule has 0 fully saturated rings. The first kappa shape index (κ1) is 10.4. The first-order valence-electron chi connectivity index (χ1n) is 4.10. The Kier molecular flexibility index (Phi) is 5.84. The van der Waals surface area contributed by atoms with Crippen molar-refractivity contribution in [1.82, 2.24) is 10.6 Å². The van der Waals surface area contributed by atoms with Crippen LogP contribution in [0.3, 0.4) is 0 Å². The van der Waals surface area contributed by atoms with Crippen molar-refractivity contribution in [3.8, 4) is 0 Å². The lowest BCUT2D eigenvalue weighted by atomic mass is 10.3. The molecule has 3 nitrogen and oxygen atoms in total. The van der Waals surface area contributed by atoms with Gasteiger partial charge in [-0.05, 0) is 13.0 Å². The van der Waals surface area contributed by atoms with E-state index in [4.69, 9.17) is 0 Å². The number of rotatable bonds is 5. The molecular formula is C8H18N2O. The van der Waals surface area contributed by atoms with Gasteiger partial charge >= 0.3 is 0 Å². The second kappa shape index (κ2) is 6.16. The predicted molar refractivity (Wildman–Crippen MR) is 46.4 cm³/mol. The molecule has 66 valence electrons. The molecule has 0 heterocycles. The molecule has 0 rings (SSSR count). The summed E-state index contributed by atoms with van der Waals surface area (Å²) in [5.41, 5.74) is 0. The highest BCUT2D eigenvalue weighted by Gasteiger charge is 1.92. The fourth-order valence-corrected chi connectivity index (χ4v) is 0.744. The molecule has 0 bridgehead atoms. The van der Waals surface area contributed by atoms with E-state index in [1.165, 1.54) is 6.92 Å². The van der Waals surface area contributed by atoms with E-state index in [2.05, 4.69) is 24.5 Å². The minimum atomic E-state index is 0.0505. The molecule has 0 spiro atoms. The van der Waals surface area contributed by atoms with Crippen LogP contribution in [0.25, 0.3) is 0 Å². The minimum Gasteiger partial charge on any atom is -0.356 e. The fraction of sp³-hybridized carbons (Fsp3) is 0.875. The second-order valence-corrected chi connectivity index (χ2v) is 2.95. The Morgan fingerprint density at radius 1 is 1.36 bits per heavy atom. The van der Waals surface area contributed by atoms with Gasteiger partial charge in [-0.2, -0.15) is 0 Å². The van der Waals surface area contributed by atoms with Gasteiger partial charge in [0.1, 0.15) is 0 Å². The van der Waals surface area contributed by atoms with Crippen molar-refractivity contribution in [1.29, 1.82) is 0 Å². The molecule has 0 saturated carbocycles. The smallest absolute Gasteiger partial charge is 0.216 e. The Morgan fingerprint density at radius 2 is 2.00 bits per heavy atom. The summed E-state index contributed by atoms with van der Waals surface area (Å²) in [7, 11) is 0. The summed E-state index contributed by atoms with van der Waals surface area (Å²) in [6.45, 7) is 7.50. The highest BCUT2D eigenvalue weighted by Crippen LogP contribution is 1.78. The zero-order chi connectivity index (χ0) is 8.69. The largest absolute Gasteiger partial charge is 0.356 e. The molecule has 0 aliphatic heterocycles. The molecule has 0 atom stereocenters. The Labute approximate surface area is 68.6 Å². The van der Waals surface area contributed by atoms with Gasteiger partial charge in [0.05, 0.1) is 0 Å². The van der Waals surface area contributed by atoms with Gasteiger partial charge < -0.3 is 10.6 Å². The van der Waals surface area contributed by atoms with Crippen LogP contribution in [0.1, 0.15) is 27.2 Å². The van der Waals surface area contributed by atoms with Gasteiger partial charge in [-0.25, -0.2) is 0 Å². The van der Waals surface area contributed by atoms with E-state index < -0.39 is 0 Å². The Morgan fingerprint density at radius 3 is 2.45 bits per heavy atom. The SMILES string of the molecule is CC(=O)NCCCNC(C)C. The van der Waals surface area contributed by atoms with Crippen LogP contribution in [0.4, 0.5) is 0 Å². The molecule has 0 aromatic heterocycles. The molecule has 0 aromatic rings. The fourth-order valence-electron chi connectivity index (χ4n) is 0.744. The van der Waals surface area contributed by atoms with E-state index in [1.807, 2.05) is 0 Å². The van der Waals surface area contributed by atoms with Crippen LogP contribution in [0.15, 0.2) is 0 Å². The van der Waals surface area contributed by atoms with Gasteiger partial charge in [0, 0.05) is 19.5 Å². The Bertz CT molecular complexity index is 113. The van der Waals surface area contributed by atoms with E-state index in [9.17, 15) is 4.79 Å². The van der Waals surface area contributed by atoms with Gasteiger partial charge in [-0.3, -0.25) is 4.79 Å². The molecule has 0 unspecified atom stereocenters. The van der Waals surface area contributed by atoms with Gasteiger partial charge in [-0.15, -0.1) is 0 Å². The molecule has 1 amide bonds. The number of carbonyl (C=O) groups excluding carboxylic acids is 1. The monoisotopic (exact) mass is 158 g/mol. The van der Waals surface area contributed by atoms with E-state index >= 15 is 0 Å². The zero-order valence-corrected chi connectivity index (χ0v) is 7.61. The van der Waals surface area contributed by atoms with Crippen molar-refractivity contribution in [2.24, 2.45) is 0 Å². The van der Waals surface area contributed by atoms with Gasteiger partial charge in [-0.1, -0.05) is 13.8 Å². The van der Waals surface area contributed by atoms with Crippen LogP contribution in [-0.4, -0.2) is 25.0 Å². The number of amides is 1. The highest BCUT2D eigenvalue weighted by atomic mass is 16.1. The van der Waals surface area contributed by atoms with Crippen molar-refractivity contribution in [2.75, 3.05) is 13.1 Å². The summed E-state index contributed by atoms with van der Waals surface area (Å²) in [6, 6.07) is 0.535. The molecule has 0 aliphatic carbocycles. The van der Waals surface area contributed by atoms with Crippen molar-refractivity contribution in [3.05, 3.63) is 0 Å². The average Bonchev–Trinajstić information content (AvgIpc) is 1.85. The van der Waals surface area contributed by atoms with Crippen molar-refractivity contribution < 1.29 is 4.79 Å². The van der Waals surface area contributed by atoms with Crippen LogP contribution in [0, 0.1) is 0 Å². The van der Waals surface area contributed by atoms with Crippen LogP contribution < -0.4 is 10.6 Å². The predicted octanol–water partition coefficient (Wildman–Crippen LogP) is 0.511. The zero-order valence-electron chi connectivity index (χ0n) is 7.61. The lowest BCUT2D eigenvalue weighted by Crippen LogP contribution is -2.28. The van der Waals surface area contributed by atoms with Crippen LogP contribution in [0.2, 0.25) is 0 Å². The van der Waals surface area contributed by atoms with E-state index in [0.717, 1.165) is 19.5 Å². The molecule has 0 saturated heterocycles. The number of hydrogen-bond donors (Lipinski definition) is 2. The molecular weight excluding hydrogens is 140 g/mol. The number of nitrogens with one attached hydrogen (secondary N) is 2. The maximum Gasteiger partial charge on any atom is 0.216 e. The standard InChI is InChI=1S/C8H18N2O/c1-7(2)9-5-4-6-10-8(3)11/h7,9H,4-6H2,1-3H3,(H,10,11). The summed E-state index contributed by atoms with van der Waals surface area (Å²) in [5, 5.41) is 6.01. The van der Waals surface area contributed by atoms with Gasteiger partial charge in [0.2, 0.25) is 5.91 Å². The average molecular weight is 158 g/mol. The first-order valence-corrected chi connectivity index (χ1v) is 4.10. The minimum absolute atomic E-state index is 0.0505. The first-order chi connectivity index (χ1) is 5.13. The summed E-state index contributed by atoms with van der Waals surface area (Å²) in [4.78, 5) is 10.4. The lowest BCUT2D eigenvalue weighted by molar-refractivity contribution is -0.118. The molecule has 0 radical (unpaired) electrons. The summed E-state index contributed by atoms with van der Waals surface area (Å²) in [5.74, 6) is 0.0505. The second-order valence-electron chi connectivity index (χ2n) is 2.95. The topological polar surface area (TPSA) is 41.1 Å².